The Labute approximate surface area is 75.7 Å². The van der Waals surface area contributed by atoms with Gasteiger partial charge in [0, 0.05) is 31.4 Å². The lowest BCUT2D eigenvalue weighted by atomic mass is 10.3. The second-order valence-electron chi connectivity index (χ2n) is 2.63. The van der Waals surface area contributed by atoms with Gasteiger partial charge in [-0.15, -0.1) is 0 Å². The van der Waals surface area contributed by atoms with Gasteiger partial charge in [-0.2, -0.15) is 4.40 Å². The van der Waals surface area contributed by atoms with Gasteiger partial charge < -0.3 is 4.90 Å². The second kappa shape index (κ2) is 2.79. The van der Waals surface area contributed by atoms with Crippen LogP contribution in [0, 0.1) is 0 Å². The molecule has 0 fully saturated rings. The molecule has 2 heterocycles. The molecule has 1 aromatic rings. The fraction of sp³-hybridized carbons (Fsp3) is 0.250. The Morgan fingerprint density at radius 1 is 1.50 bits per heavy atom. The molecule has 0 saturated heterocycles. The Morgan fingerprint density at radius 2 is 2.33 bits per heavy atom. The first-order chi connectivity index (χ1) is 5.79. The minimum absolute atomic E-state index is 1.03. The zero-order valence-electron chi connectivity index (χ0n) is 6.98. The summed E-state index contributed by atoms with van der Waals surface area (Å²) in [6.07, 6.45) is 3.64. The summed E-state index contributed by atoms with van der Waals surface area (Å²) >= 11 is 1.48. The van der Waals surface area contributed by atoms with Gasteiger partial charge in [0.2, 0.25) is 0 Å². The van der Waals surface area contributed by atoms with Crippen LogP contribution in [-0.4, -0.2) is 17.9 Å². The van der Waals surface area contributed by atoms with E-state index in [2.05, 4.69) is 14.3 Å². The highest BCUT2D eigenvalue weighted by atomic mass is 32.2. The summed E-state index contributed by atoms with van der Waals surface area (Å²) in [7, 11) is 2.01. The maximum absolute atomic E-state index is 4.27. The molecular formula is C8H9N3S. The summed E-state index contributed by atoms with van der Waals surface area (Å²) in [6.45, 7) is 2.00. The lowest BCUT2D eigenvalue weighted by Gasteiger charge is -2.23. The maximum Gasteiger partial charge on any atom is 0.114 e. The van der Waals surface area contributed by atoms with Crippen LogP contribution in [0.5, 0.6) is 0 Å². The number of aromatic nitrogens is 1. The van der Waals surface area contributed by atoms with E-state index in [1.807, 2.05) is 26.2 Å². The Kier molecular flexibility index (Phi) is 1.77. The zero-order valence-corrected chi connectivity index (χ0v) is 7.80. The monoisotopic (exact) mass is 179 g/mol. The Bertz CT molecular complexity index is 335. The first-order valence-electron chi connectivity index (χ1n) is 3.68. The molecule has 0 N–H and O–H groups in total. The molecule has 62 valence electrons. The minimum atomic E-state index is 1.03. The third-order valence-corrected chi connectivity index (χ3v) is 2.75. The quantitative estimate of drug-likeness (QED) is 0.570. The maximum atomic E-state index is 4.27. The molecule has 3 nitrogen and oxygen atoms in total. The summed E-state index contributed by atoms with van der Waals surface area (Å²) in [5.41, 5.74) is 1.18. The highest BCUT2D eigenvalue weighted by Crippen LogP contribution is 2.33. The van der Waals surface area contributed by atoms with Crippen LogP contribution in [0.15, 0.2) is 27.8 Å². The molecule has 0 aliphatic carbocycles. The summed E-state index contributed by atoms with van der Waals surface area (Å²) < 4.78 is 4.27. The Morgan fingerprint density at radius 3 is 3.17 bits per heavy atom. The van der Waals surface area contributed by atoms with E-state index in [9.17, 15) is 0 Å². The molecule has 1 aromatic heterocycles. The van der Waals surface area contributed by atoms with Crippen molar-refractivity contribution in [2.24, 2.45) is 4.40 Å². The first kappa shape index (κ1) is 7.61. The van der Waals surface area contributed by atoms with Gasteiger partial charge in [-0.1, -0.05) is 0 Å². The van der Waals surface area contributed by atoms with Crippen LogP contribution in [0.3, 0.4) is 0 Å². The van der Waals surface area contributed by atoms with Crippen molar-refractivity contribution in [1.82, 2.24) is 4.98 Å². The number of hydrogen-bond donors (Lipinski definition) is 0. The number of pyridine rings is 1. The van der Waals surface area contributed by atoms with E-state index in [-0.39, 0.29) is 0 Å². The van der Waals surface area contributed by atoms with Crippen molar-refractivity contribution < 1.29 is 0 Å². The molecular weight excluding hydrogens is 170 g/mol. The Balaban J connectivity index is 2.49. The van der Waals surface area contributed by atoms with Crippen molar-refractivity contribution in [3.8, 4) is 0 Å². The summed E-state index contributed by atoms with van der Waals surface area (Å²) in [4.78, 5) is 7.22. The standard InChI is InChI=1S/C8H9N3S/c1-6-10-12-8-5-9-4-3-7(8)11(6)2/h3-5H,1-2H3. The van der Waals surface area contributed by atoms with E-state index in [1.165, 1.54) is 17.6 Å². The minimum Gasteiger partial charge on any atom is -0.332 e. The van der Waals surface area contributed by atoms with Crippen LogP contribution in [-0.2, 0) is 0 Å². The van der Waals surface area contributed by atoms with Gasteiger partial charge in [0.15, 0.2) is 0 Å². The van der Waals surface area contributed by atoms with Crippen molar-refractivity contribution in [2.45, 2.75) is 11.8 Å². The summed E-state index contributed by atoms with van der Waals surface area (Å²) in [5, 5.41) is 0. The molecule has 0 unspecified atom stereocenters. The first-order valence-corrected chi connectivity index (χ1v) is 4.46. The lowest BCUT2D eigenvalue weighted by Crippen LogP contribution is -2.25. The Hall–Kier alpha value is -1.03. The number of fused-ring (bicyclic) bond motifs is 1. The van der Waals surface area contributed by atoms with Crippen LogP contribution in [0.4, 0.5) is 5.69 Å². The lowest BCUT2D eigenvalue weighted by molar-refractivity contribution is 1.14. The van der Waals surface area contributed by atoms with Gasteiger partial charge in [-0.05, 0) is 13.0 Å². The number of amidine groups is 1. The highest BCUT2D eigenvalue weighted by Gasteiger charge is 2.14. The zero-order chi connectivity index (χ0) is 8.55. The second-order valence-corrected chi connectivity index (χ2v) is 3.44. The number of nitrogens with zero attached hydrogens (tertiary/aromatic N) is 3. The smallest absolute Gasteiger partial charge is 0.114 e. The number of hydrogen-bond acceptors (Lipinski definition) is 4. The topological polar surface area (TPSA) is 28.5 Å². The average Bonchev–Trinajstić information content (AvgIpc) is 2.12. The molecule has 0 bridgehead atoms. The molecule has 0 radical (unpaired) electrons. The largest absolute Gasteiger partial charge is 0.332 e. The van der Waals surface area contributed by atoms with Crippen LogP contribution < -0.4 is 4.90 Å². The van der Waals surface area contributed by atoms with Crippen LogP contribution in [0.1, 0.15) is 6.92 Å². The van der Waals surface area contributed by atoms with Crippen molar-refractivity contribution in [1.29, 1.82) is 0 Å². The van der Waals surface area contributed by atoms with E-state index in [0.29, 0.717) is 0 Å². The molecule has 12 heavy (non-hydrogen) atoms. The predicted molar refractivity (Wildman–Crippen MR) is 51.6 cm³/mol. The van der Waals surface area contributed by atoms with Gasteiger partial charge in [-0.3, -0.25) is 4.98 Å². The van der Waals surface area contributed by atoms with Crippen LogP contribution in [0.2, 0.25) is 0 Å². The van der Waals surface area contributed by atoms with Gasteiger partial charge in [0.1, 0.15) is 5.84 Å². The van der Waals surface area contributed by atoms with Gasteiger partial charge >= 0.3 is 0 Å². The molecule has 0 aromatic carbocycles. The average molecular weight is 179 g/mol. The molecule has 0 atom stereocenters. The fourth-order valence-corrected chi connectivity index (χ4v) is 1.83. The van der Waals surface area contributed by atoms with E-state index < -0.39 is 0 Å². The third-order valence-electron chi connectivity index (χ3n) is 1.89. The van der Waals surface area contributed by atoms with Crippen molar-refractivity contribution in [3.05, 3.63) is 18.5 Å². The molecule has 0 amide bonds. The molecule has 0 spiro atoms. The molecule has 1 aliphatic heterocycles. The highest BCUT2D eigenvalue weighted by molar-refractivity contribution is 7.98. The number of rotatable bonds is 0. The van der Waals surface area contributed by atoms with E-state index in [4.69, 9.17) is 0 Å². The van der Waals surface area contributed by atoms with Gasteiger partial charge in [0.25, 0.3) is 0 Å². The van der Waals surface area contributed by atoms with Crippen molar-refractivity contribution in [3.63, 3.8) is 0 Å². The van der Waals surface area contributed by atoms with Crippen molar-refractivity contribution in [2.75, 3.05) is 11.9 Å². The fourth-order valence-electron chi connectivity index (χ4n) is 1.07. The van der Waals surface area contributed by atoms with E-state index >= 15 is 0 Å². The van der Waals surface area contributed by atoms with Crippen LogP contribution in [0.25, 0.3) is 0 Å². The molecule has 0 saturated carbocycles. The summed E-state index contributed by atoms with van der Waals surface area (Å²) in [5.74, 6) is 1.03. The third kappa shape index (κ3) is 1.08. The molecule has 2 rings (SSSR count). The van der Waals surface area contributed by atoms with E-state index in [0.717, 1.165) is 10.7 Å². The normalized spacial score (nSPS) is 15.5. The van der Waals surface area contributed by atoms with E-state index in [1.54, 1.807) is 6.20 Å². The van der Waals surface area contributed by atoms with Crippen LogP contribution >= 0.6 is 11.9 Å². The molecule has 4 heteroatoms. The van der Waals surface area contributed by atoms with Crippen molar-refractivity contribution >= 4 is 23.5 Å². The molecule has 1 aliphatic rings. The van der Waals surface area contributed by atoms with Gasteiger partial charge in [0.05, 0.1) is 10.6 Å². The van der Waals surface area contributed by atoms with Gasteiger partial charge in [-0.25, -0.2) is 0 Å². The predicted octanol–water partition coefficient (Wildman–Crippen LogP) is 1.96. The number of anilines is 1. The summed E-state index contributed by atoms with van der Waals surface area (Å²) in [6, 6.07) is 2.00. The SMILES string of the molecule is CC1=NSc2cnccc2N1C.